The van der Waals surface area contributed by atoms with Gasteiger partial charge in [-0.05, 0) is 45.0 Å². The van der Waals surface area contributed by atoms with Crippen molar-refractivity contribution in [2.75, 3.05) is 41.7 Å². The first kappa shape index (κ1) is 22.4. The smallest absolute Gasteiger partial charge is 0.311 e. The van der Waals surface area contributed by atoms with E-state index in [0.29, 0.717) is 11.5 Å². The van der Waals surface area contributed by atoms with Gasteiger partial charge in [0.05, 0.1) is 16.8 Å². The summed E-state index contributed by atoms with van der Waals surface area (Å²) < 4.78 is 0. The van der Waals surface area contributed by atoms with E-state index in [9.17, 15) is 10.1 Å². The number of aromatic nitrogens is 3. The number of pyridine rings is 3. The minimum Gasteiger partial charge on any atom is -0.354 e. The Morgan fingerprint density at radius 1 is 1.00 bits per heavy atom. The summed E-state index contributed by atoms with van der Waals surface area (Å²) in [6.45, 7) is 10.1. The minimum absolute atomic E-state index is 0.0781. The lowest BCUT2D eigenvalue weighted by Crippen LogP contribution is -2.53. The molecule has 0 aliphatic carbocycles. The van der Waals surface area contributed by atoms with Crippen molar-refractivity contribution in [3.8, 4) is 0 Å². The van der Waals surface area contributed by atoms with Gasteiger partial charge in [0.15, 0.2) is 0 Å². The molecule has 0 radical (unpaired) electrons. The summed E-state index contributed by atoms with van der Waals surface area (Å²) in [6.07, 6.45) is 5.01. The molecule has 4 heterocycles. The predicted molar refractivity (Wildman–Crippen MR) is 129 cm³/mol. The molecule has 0 bridgehead atoms. The first-order valence-corrected chi connectivity index (χ1v) is 10.9. The van der Waals surface area contributed by atoms with Gasteiger partial charge in [0.25, 0.3) is 0 Å². The number of nitrogens with zero attached hydrogens (tertiary/aromatic N) is 6. The average molecular weight is 449 g/mol. The monoisotopic (exact) mass is 448 g/mol. The van der Waals surface area contributed by atoms with Crippen LogP contribution in [0.2, 0.25) is 0 Å². The summed E-state index contributed by atoms with van der Waals surface area (Å²) in [6, 6.07) is 10.4. The maximum Gasteiger partial charge on any atom is 0.311 e. The van der Waals surface area contributed by atoms with Gasteiger partial charge in [-0.15, -0.1) is 0 Å². The Hall–Kier alpha value is -3.79. The topological polar surface area (TPSA) is 112 Å². The van der Waals surface area contributed by atoms with Gasteiger partial charge in [-0.2, -0.15) is 0 Å². The van der Waals surface area contributed by atoms with E-state index < -0.39 is 4.92 Å². The van der Waals surface area contributed by atoms with Crippen LogP contribution in [0.4, 0.5) is 34.5 Å². The van der Waals surface area contributed by atoms with Gasteiger partial charge in [0, 0.05) is 61.9 Å². The fourth-order valence-electron chi connectivity index (χ4n) is 3.76. The molecule has 1 aliphatic rings. The number of hydrogen-bond acceptors (Lipinski definition) is 9. The third kappa shape index (κ3) is 5.53. The average Bonchev–Trinajstić information content (AvgIpc) is 2.79. The normalized spacial score (nSPS) is 14.7. The molecule has 2 N–H and O–H groups in total. The zero-order chi connectivity index (χ0) is 23.4. The number of rotatable bonds is 6. The predicted octanol–water partition coefficient (Wildman–Crippen LogP) is 4.19. The zero-order valence-electron chi connectivity index (χ0n) is 19.0. The summed E-state index contributed by atoms with van der Waals surface area (Å²) in [5.41, 5.74) is 1.47. The molecule has 1 saturated heterocycles. The lowest BCUT2D eigenvalue weighted by molar-refractivity contribution is -0.384. The van der Waals surface area contributed by atoms with Gasteiger partial charge in [0.1, 0.15) is 11.6 Å². The first-order chi connectivity index (χ1) is 15.8. The number of nitro groups is 1. The summed E-state index contributed by atoms with van der Waals surface area (Å²) in [4.78, 5) is 28.8. The van der Waals surface area contributed by atoms with Crippen LogP contribution in [0.3, 0.4) is 0 Å². The second kappa shape index (κ2) is 9.37. The van der Waals surface area contributed by atoms with E-state index in [2.05, 4.69) is 56.2 Å². The number of hydrogen-bond donors (Lipinski definition) is 2. The Labute approximate surface area is 192 Å². The quantitative estimate of drug-likeness (QED) is 0.423. The maximum atomic E-state index is 11.6. The van der Waals surface area contributed by atoms with Crippen LogP contribution >= 0.6 is 0 Å². The van der Waals surface area contributed by atoms with Gasteiger partial charge in [-0.1, -0.05) is 0 Å². The molecule has 4 rings (SSSR count). The van der Waals surface area contributed by atoms with Gasteiger partial charge in [-0.3, -0.25) is 20.0 Å². The molecule has 0 spiro atoms. The summed E-state index contributed by atoms with van der Waals surface area (Å²) >= 11 is 0. The first-order valence-electron chi connectivity index (χ1n) is 10.9. The molecular formula is C23H28N8O2. The van der Waals surface area contributed by atoms with Gasteiger partial charge in [-0.25, -0.2) is 9.97 Å². The molecule has 1 fully saturated rings. The van der Waals surface area contributed by atoms with E-state index in [-0.39, 0.29) is 17.0 Å². The molecule has 0 amide bonds. The van der Waals surface area contributed by atoms with Crippen LogP contribution in [0, 0.1) is 10.1 Å². The van der Waals surface area contributed by atoms with E-state index in [1.807, 2.05) is 12.1 Å². The molecule has 0 saturated carbocycles. The highest BCUT2D eigenvalue weighted by atomic mass is 16.6. The largest absolute Gasteiger partial charge is 0.354 e. The van der Waals surface area contributed by atoms with Crippen molar-refractivity contribution < 1.29 is 4.92 Å². The molecule has 1 aliphatic heterocycles. The second-order valence-electron chi connectivity index (χ2n) is 8.86. The highest BCUT2D eigenvalue weighted by Gasteiger charge is 2.27. The van der Waals surface area contributed by atoms with Crippen LogP contribution < -0.4 is 15.5 Å². The minimum atomic E-state index is -0.424. The molecule has 10 heteroatoms. The van der Waals surface area contributed by atoms with Crippen LogP contribution in [0.25, 0.3) is 0 Å². The van der Waals surface area contributed by atoms with Crippen LogP contribution in [-0.4, -0.2) is 56.5 Å². The molecule has 172 valence electrons. The highest BCUT2D eigenvalue weighted by Crippen LogP contribution is 2.30. The van der Waals surface area contributed by atoms with E-state index in [4.69, 9.17) is 0 Å². The van der Waals surface area contributed by atoms with Crippen molar-refractivity contribution in [2.24, 2.45) is 0 Å². The Kier molecular flexibility index (Phi) is 6.36. The second-order valence-corrected chi connectivity index (χ2v) is 8.86. The Bertz CT molecular complexity index is 1110. The lowest BCUT2D eigenvalue weighted by atomic mass is 10.1. The van der Waals surface area contributed by atoms with Crippen molar-refractivity contribution in [1.82, 2.24) is 19.9 Å². The van der Waals surface area contributed by atoms with Crippen molar-refractivity contribution in [2.45, 2.75) is 26.3 Å². The summed E-state index contributed by atoms with van der Waals surface area (Å²) in [7, 11) is 0. The molecule has 3 aromatic heterocycles. The molecule has 0 unspecified atom stereocenters. The molecule has 3 aromatic rings. The molecule has 0 atom stereocenters. The number of piperazine rings is 1. The fraction of sp³-hybridized carbons (Fsp3) is 0.348. The third-order valence-corrected chi connectivity index (χ3v) is 5.56. The van der Waals surface area contributed by atoms with Crippen LogP contribution in [0.15, 0.2) is 55.0 Å². The standard InChI is InChI=1S/C23H28N8O2/c1-23(2,3)30-13-11-29(12-14-30)21-7-6-19(31(32)33)22(28-21)27-17-8-10-25-20(15-17)26-18-5-4-9-24-16-18/h4-10,15-16H,11-14H2,1-3H3,(H2,25,26,27,28). The van der Waals surface area contributed by atoms with E-state index in [1.54, 1.807) is 36.8 Å². The Morgan fingerprint density at radius 2 is 1.79 bits per heavy atom. The summed E-state index contributed by atoms with van der Waals surface area (Å²) in [5, 5.41) is 17.9. The Balaban J connectivity index is 1.54. The lowest BCUT2D eigenvalue weighted by Gasteiger charge is -2.42. The molecular weight excluding hydrogens is 420 g/mol. The SMILES string of the molecule is CC(C)(C)N1CCN(c2ccc([N+](=O)[O-])c(Nc3ccnc(Nc4cccnc4)c3)n2)CC1. The van der Waals surface area contributed by atoms with Crippen molar-refractivity contribution in [3.63, 3.8) is 0 Å². The third-order valence-electron chi connectivity index (χ3n) is 5.56. The molecule has 10 nitrogen and oxygen atoms in total. The van der Waals surface area contributed by atoms with E-state index >= 15 is 0 Å². The van der Waals surface area contributed by atoms with Crippen LogP contribution in [0.1, 0.15) is 20.8 Å². The zero-order valence-corrected chi connectivity index (χ0v) is 19.0. The molecule has 0 aromatic carbocycles. The number of nitrogens with one attached hydrogen (secondary N) is 2. The van der Waals surface area contributed by atoms with Gasteiger partial charge in [0.2, 0.25) is 5.82 Å². The van der Waals surface area contributed by atoms with Gasteiger partial charge < -0.3 is 15.5 Å². The number of anilines is 5. The van der Waals surface area contributed by atoms with E-state index in [1.165, 1.54) is 6.07 Å². The van der Waals surface area contributed by atoms with Crippen molar-refractivity contribution in [3.05, 3.63) is 65.1 Å². The summed E-state index contributed by atoms with van der Waals surface area (Å²) in [5.74, 6) is 1.51. The Morgan fingerprint density at radius 3 is 2.45 bits per heavy atom. The van der Waals surface area contributed by atoms with Crippen LogP contribution in [0.5, 0.6) is 0 Å². The fourth-order valence-corrected chi connectivity index (χ4v) is 3.76. The van der Waals surface area contributed by atoms with Crippen LogP contribution in [-0.2, 0) is 0 Å². The van der Waals surface area contributed by atoms with E-state index in [0.717, 1.165) is 37.7 Å². The highest BCUT2D eigenvalue weighted by molar-refractivity contribution is 5.70. The van der Waals surface area contributed by atoms with Gasteiger partial charge >= 0.3 is 5.69 Å². The van der Waals surface area contributed by atoms with Crippen molar-refractivity contribution in [1.29, 1.82) is 0 Å². The maximum absolute atomic E-state index is 11.6. The molecule has 33 heavy (non-hydrogen) atoms. The van der Waals surface area contributed by atoms with Crippen molar-refractivity contribution >= 4 is 34.5 Å².